The molecule has 1 N–H and O–H groups in total. The van der Waals surface area contributed by atoms with E-state index in [-0.39, 0.29) is 5.91 Å². The number of hydrogen-bond acceptors (Lipinski definition) is 3. The second-order valence-electron chi connectivity index (χ2n) is 2.58. The fraction of sp³-hybridized carbons (Fsp3) is 0.200. The molecule has 4 heteroatoms. The number of amides is 1. The Bertz CT molecular complexity index is 330. The van der Waals surface area contributed by atoms with E-state index < -0.39 is 0 Å². The van der Waals surface area contributed by atoms with E-state index in [9.17, 15) is 4.79 Å². The van der Waals surface area contributed by atoms with E-state index in [1.165, 1.54) is 6.08 Å². The predicted octanol–water partition coefficient (Wildman–Crippen LogP) is 1.60. The molecule has 0 aliphatic heterocycles. The van der Waals surface area contributed by atoms with Crippen molar-refractivity contribution in [1.29, 1.82) is 0 Å². The number of nitrogens with zero attached hydrogens (tertiary/aromatic N) is 1. The minimum absolute atomic E-state index is 0.167. The minimum atomic E-state index is -0.167. The number of anilines is 1. The van der Waals surface area contributed by atoms with Crippen LogP contribution in [0.15, 0.2) is 30.5 Å². The van der Waals surface area contributed by atoms with Crippen molar-refractivity contribution in [2.75, 3.05) is 12.4 Å². The van der Waals surface area contributed by atoms with Crippen LogP contribution < -0.4 is 10.1 Å². The Morgan fingerprint density at radius 1 is 1.57 bits per heavy atom. The van der Waals surface area contributed by atoms with Gasteiger partial charge in [0, 0.05) is 6.07 Å². The van der Waals surface area contributed by atoms with E-state index in [1.54, 1.807) is 38.4 Å². The maximum absolute atomic E-state index is 11.1. The first-order valence-electron chi connectivity index (χ1n) is 4.20. The van der Waals surface area contributed by atoms with Gasteiger partial charge in [-0.05, 0) is 19.1 Å². The van der Waals surface area contributed by atoms with Gasteiger partial charge in [0.1, 0.15) is 0 Å². The SMILES string of the molecule is CC=CC(=O)Nc1ccc(OC)nc1. The summed E-state index contributed by atoms with van der Waals surface area (Å²) in [6, 6.07) is 3.42. The number of allylic oxidation sites excluding steroid dienone is 1. The third kappa shape index (κ3) is 2.90. The molecule has 74 valence electrons. The Morgan fingerprint density at radius 2 is 2.36 bits per heavy atom. The van der Waals surface area contributed by atoms with Crippen LogP contribution in [-0.2, 0) is 4.79 Å². The summed E-state index contributed by atoms with van der Waals surface area (Å²) in [6.07, 6.45) is 4.66. The van der Waals surface area contributed by atoms with Gasteiger partial charge in [0.2, 0.25) is 11.8 Å². The number of nitrogens with one attached hydrogen (secondary N) is 1. The van der Waals surface area contributed by atoms with Gasteiger partial charge in [-0.15, -0.1) is 0 Å². The average Bonchev–Trinajstić information content (AvgIpc) is 2.19. The number of pyridine rings is 1. The van der Waals surface area contributed by atoms with E-state index in [2.05, 4.69) is 10.3 Å². The maximum atomic E-state index is 11.1. The van der Waals surface area contributed by atoms with Crippen LogP contribution in [0.2, 0.25) is 0 Å². The summed E-state index contributed by atoms with van der Waals surface area (Å²) in [6.45, 7) is 1.78. The zero-order valence-electron chi connectivity index (χ0n) is 8.15. The zero-order valence-corrected chi connectivity index (χ0v) is 8.15. The lowest BCUT2D eigenvalue weighted by Gasteiger charge is -2.02. The smallest absolute Gasteiger partial charge is 0.248 e. The van der Waals surface area contributed by atoms with Crippen molar-refractivity contribution in [1.82, 2.24) is 4.98 Å². The number of carbonyl (C=O) groups is 1. The lowest BCUT2D eigenvalue weighted by atomic mass is 10.4. The number of carbonyl (C=O) groups excluding carboxylic acids is 1. The number of rotatable bonds is 3. The molecule has 4 nitrogen and oxygen atoms in total. The Hall–Kier alpha value is -1.84. The Labute approximate surface area is 82.6 Å². The first-order chi connectivity index (χ1) is 6.76. The number of hydrogen-bond donors (Lipinski definition) is 1. The Kier molecular flexibility index (Phi) is 3.67. The highest BCUT2D eigenvalue weighted by atomic mass is 16.5. The fourth-order valence-electron chi connectivity index (χ4n) is 0.910. The van der Waals surface area contributed by atoms with Crippen molar-refractivity contribution in [3.63, 3.8) is 0 Å². The molecular weight excluding hydrogens is 180 g/mol. The summed E-state index contributed by atoms with van der Waals surface area (Å²) >= 11 is 0. The molecule has 0 fully saturated rings. The molecule has 0 bridgehead atoms. The van der Waals surface area contributed by atoms with Gasteiger partial charge in [-0.3, -0.25) is 4.79 Å². The fourth-order valence-corrected chi connectivity index (χ4v) is 0.910. The first kappa shape index (κ1) is 10.2. The van der Waals surface area contributed by atoms with E-state index in [0.29, 0.717) is 11.6 Å². The molecule has 0 saturated carbocycles. The molecule has 1 rings (SSSR count). The van der Waals surface area contributed by atoms with Gasteiger partial charge in [-0.1, -0.05) is 6.08 Å². The molecule has 0 spiro atoms. The summed E-state index contributed by atoms with van der Waals surface area (Å²) in [5.41, 5.74) is 0.647. The van der Waals surface area contributed by atoms with Crippen molar-refractivity contribution in [2.24, 2.45) is 0 Å². The van der Waals surface area contributed by atoms with E-state index in [4.69, 9.17) is 4.74 Å². The highest BCUT2D eigenvalue weighted by Gasteiger charge is 1.97. The minimum Gasteiger partial charge on any atom is -0.481 e. The number of methoxy groups -OCH3 is 1. The maximum Gasteiger partial charge on any atom is 0.248 e. The quantitative estimate of drug-likeness (QED) is 0.740. The average molecular weight is 192 g/mol. The third-order valence-corrected chi connectivity index (χ3v) is 1.53. The molecule has 0 unspecified atom stereocenters. The van der Waals surface area contributed by atoms with Crippen molar-refractivity contribution >= 4 is 11.6 Å². The van der Waals surface area contributed by atoms with Crippen LogP contribution in [0.3, 0.4) is 0 Å². The van der Waals surface area contributed by atoms with Gasteiger partial charge in [-0.2, -0.15) is 0 Å². The van der Waals surface area contributed by atoms with Crippen LogP contribution in [0.5, 0.6) is 5.88 Å². The van der Waals surface area contributed by atoms with Gasteiger partial charge >= 0.3 is 0 Å². The topological polar surface area (TPSA) is 51.2 Å². The van der Waals surface area contributed by atoms with Crippen molar-refractivity contribution in [3.05, 3.63) is 30.5 Å². The predicted molar refractivity (Wildman–Crippen MR) is 54.2 cm³/mol. The summed E-state index contributed by atoms with van der Waals surface area (Å²) < 4.78 is 4.88. The molecular formula is C10H12N2O2. The van der Waals surface area contributed by atoms with Gasteiger partial charge in [-0.25, -0.2) is 4.98 Å². The highest BCUT2D eigenvalue weighted by molar-refractivity contribution is 5.99. The monoisotopic (exact) mass is 192 g/mol. The summed E-state index contributed by atoms with van der Waals surface area (Å²) in [5, 5.41) is 2.65. The summed E-state index contributed by atoms with van der Waals surface area (Å²) in [4.78, 5) is 15.1. The van der Waals surface area contributed by atoms with Crippen LogP contribution in [-0.4, -0.2) is 18.0 Å². The van der Waals surface area contributed by atoms with E-state index >= 15 is 0 Å². The van der Waals surface area contributed by atoms with Crippen LogP contribution in [0.1, 0.15) is 6.92 Å². The van der Waals surface area contributed by atoms with E-state index in [1.807, 2.05) is 0 Å². The highest BCUT2D eigenvalue weighted by Crippen LogP contribution is 2.10. The molecule has 0 radical (unpaired) electrons. The van der Waals surface area contributed by atoms with Crippen LogP contribution in [0.25, 0.3) is 0 Å². The lowest BCUT2D eigenvalue weighted by molar-refractivity contribution is -0.111. The summed E-state index contributed by atoms with van der Waals surface area (Å²) in [7, 11) is 1.54. The molecule has 0 aliphatic carbocycles. The van der Waals surface area contributed by atoms with Crippen LogP contribution in [0.4, 0.5) is 5.69 Å². The number of aromatic nitrogens is 1. The van der Waals surface area contributed by atoms with Crippen molar-refractivity contribution in [2.45, 2.75) is 6.92 Å². The molecule has 14 heavy (non-hydrogen) atoms. The standard InChI is InChI=1S/C10H12N2O2/c1-3-4-9(13)12-8-5-6-10(14-2)11-7-8/h3-7H,1-2H3,(H,12,13). The van der Waals surface area contributed by atoms with Gasteiger partial charge < -0.3 is 10.1 Å². The third-order valence-electron chi connectivity index (χ3n) is 1.53. The Morgan fingerprint density at radius 3 is 2.86 bits per heavy atom. The molecule has 1 aromatic heterocycles. The van der Waals surface area contributed by atoms with Gasteiger partial charge in [0.15, 0.2) is 0 Å². The largest absolute Gasteiger partial charge is 0.481 e. The van der Waals surface area contributed by atoms with Gasteiger partial charge in [0.05, 0.1) is 19.0 Å². The van der Waals surface area contributed by atoms with E-state index in [0.717, 1.165) is 0 Å². The summed E-state index contributed by atoms with van der Waals surface area (Å²) in [5.74, 6) is 0.355. The van der Waals surface area contributed by atoms with Crippen LogP contribution in [0, 0.1) is 0 Å². The first-order valence-corrected chi connectivity index (χ1v) is 4.20. The molecule has 0 aliphatic rings. The lowest BCUT2D eigenvalue weighted by Crippen LogP contribution is -2.07. The Balaban J connectivity index is 2.64. The zero-order chi connectivity index (χ0) is 10.4. The van der Waals surface area contributed by atoms with Crippen LogP contribution >= 0.6 is 0 Å². The molecule has 0 aromatic carbocycles. The second kappa shape index (κ2) is 5.01. The van der Waals surface area contributed by atoms with Crippen molar-refractivity contribution < 1.29 is 9.53 Å². The molecule has 0 atom stereocenters. The molecule has 1 aromatic rings. The molecule has 0 saturated heterocycles. The molecule has 1 amide bonds. The van der Waals surface area contributed by atoms with Gasteiger partial charge in [0.25, 0.3) is 0 Å². The second-order valence-corrected chi connectivity index (χ2v) is 2.58. The number of ether oxygens (including phenoxy) is 1. The van der Waals surface area contributed by atoms with Crippen molar-refractivity contribution in [3.8, 4) is 5.88 Å². The molecule has 1 heterocycles. The normalized spacial score (nSPS) is 10.1.